The third-order valence-corrected chi connectivity index (χ3v) is 1.95. The Morgan fingerprint density at radius 2 is 2.08 bits per heavy atom. The summed E-state index contributed by atoms with van der Waals surface area (Å²) >= 11 is 0. The lowest BCUT2D eigenvalue weighted by Crippen LogP contribution is -2.11. The molecule has 0 aliphatic carbocycles. The van der Waals surface area contributed by atoms with Crippen LogP contribution in [0.2, 0.25) is 0 Å². The fourth-order valence-electron chi connectivity index (χ4n) is 1.26. The van der Waals surface area contributed by atoms with E-state index in [2.05, 4.69) is 5.10 Å². The number of hydrogen-bond acceptors (Lipinski definition) is 1. The summed E-state index contributed by atoms with van der Waals surface area (Å²) in [4.78, 5) is 0. The summed E-state index contributed by atoms with van der Waals surface area (Å²) in [6.45, 7) is 3.62. The Morgan fingerprint density at radius 1 is 1.38 bits per heavy atom. The molecule has 13 heavy (non-hydrogen) atoms. The number of alkyl halides is 2. The summed E-state index contributed by atoms with van der Waals surface area (Å²) in [5, 5.41) is 4.08. The maximum absolute atomic E-state index is 12.1. The Labute approximate surface area is 76.6 Å². The van der Waals surface area contributed by atoms with E-state index in [9.17, 15) is 8.78 Å². The topological polar surface area (TPSA) is 17.8 Å². The molecule has 0 atom stereocenters. The highest BCUT2D eigenvalue weighted by atomic mass is 19.3. The third-order valence-electron chi connectivity index (χ3n) is 1.95. The fourth-order valence-corrected chi connectivity index (χ4v) is 1.26. The Balaban J connectivity index is 2.84. The van der Waals surface area contributed by atoms with Gasteiger partial charge in [-0.3, -0.25) is 4.68 Å². The lowest BCUT2D eigenvalue weighted by molar-refractivity contribution is 0.120. The van der Waals surface area contributed by atoms with Crippen LogP contribution in [0, 0.1) is 0 Å². The molecule has 4 heteroatoms. The summed E-state index contributed by atoms with van der Waals surface area (Å²) in [5.74, 6) is 0. The van der Waals surface area contributed by atoms with E-state index in [0.717, 1.165) is 24.2 Å². The van der Waals surface area contributed by atoms with Gasteiger partial charge in [0.25, 0.3) is 6.43 Å². The predicted molar refractivity (Wildman–Crippen MR) is 47.0 cm³/mol. The SMILES string of the molecule is CCc1cc(CC)n(CC(F)F)n1. The number of aromatic nitrogens is 2. The molecule has 0 unspecified atom stereocenters. The van der Waals surface area contributed by atoms with Crippen molar-refractivity contribution < 1.29 is 8.78 Å². The number of nitrogens with zero attached hydrogens (tertiary/aromatic N) is 2. The van der Waals surface area contributed by atoms with Crippen LogP contribution in [0.25, 0.3) is 0 Å². The quantitative estimate of drug-likeness (QED) is 0.708. The lowest BCUT2D eigenvalue weighted by atomic mass is 10.3. The van der Waals surface area contributed by atoms with E-state index in [1.165, 1.54) is 4.68 Å². The zero-order valence-electron chi connectivity index (χ0n) is 7.93. The minimum absolute atomic E-state index is 0.289. The molecule has 0 aromatic carbocycles. The van der Waals surface area contributed by atoms with Gasteiger partial charge in [0.05, 0.1) is 5.69 Å². The van der Waals surface area contributed by atoms with Crippen molar-refractivity contribution >= 4 is 0 Å². The zero-order chi connectivity index (χ0) is 9.84. The molecule has 1 aromatic heterocycles. The van der Waals surface area contributed by atoms with Crippen molar-refractivity contribution in [3.05, 3.63) is 17.5 Å². The van der Waals surface area contributed by atoms with Crippen LogP contribution in [0.4, 0.5) is 8.78 Å². The maximum atomic E-state index is 12.1. The molecule has 1 rings (SSSR count). The van der Waals surface area contributed by atoms with E-state index in [1.54, 1.807) is 0 Å². The first-order valence-corrected chi connectivity index (χ1v) is 4.51. The van der Waals surface area contributed by atoms with E-state index < -0.39 is 6.43 Å². The van der Waals surface area contributed by atoms with Gasteiger partial charge in [0.15, 0.2) is 0 Å². The minimum Gasteiger partial charge on any atom is -0.264 e. The van der Waals surface area contributed by atoms with E-state index in [4.69, 9.17) is 0 Å². The van der Waals surface area contributed by atoms with Gasteiger partial charge in [0.1, 0.15) is 6.54 Å². The summed E-state index contributed by atoms with van der Waals surface area (Å²) in [6.07, 6.45) is -0.780. The first kappa shape index (κ1) is 10.2. The zero-order valence-corrected chi connectivity index (χ0v) is 7.93. The second-order valence-corrected chi connectivity index (χ2v) is 2.91. The van der Waals surface area contributed by atoms with Gasteiger partial charge < -0.3 is 0 Å². The van der Waals surface area contributed by atoms with Gasteiger partial charge in [0.2, 0.25) is 0 Å². The average molecular weight is 188 g/mol. The van der Waals surface area contributed by atoms with Crippen LogP contribution in [0.3, 0.4) is 0 Å². The molecule has 0 aliphatic rings. The van der Waals surface area contributed by atoms with Gasteiger partial charge >= 0.3 is 0 Å². The van der Waals surface area contributed by atoms with Crippen LogP contribution in [0.1, 0.15) is 25.2 Å². The van der Waals surface area contributed by atoms with Crippen molar-refractivity contribution in [2.45, 2.75) is 39.7 Å². The Bertz CT molecular complexity index is 269. The fraction of sp³-hybridized carbons (Fsp3) is 0.667. The number of aryl methyl sites for hydroxylation is 2. The highest BCUT2D eigenvalue weighted by Gasteiger charge is 2.09. The molecule has 0 amide bonds. The van der Waals surface area contributed by atoms with Crippen molar-refractivity contribution in [1.82, 2.24) is 9.78 Å². The number of hydrogen-bond donors (Lipinski definition) is 0. The highest BCUT2D eigenvalue weighted by molar-refractivity contribution is 5.10. The summed E-state index contributed by atoms with van der Waals surface area (Å²) in [7, 11) is 0. The van der Waals surface area contributed by atoms with E-state index in [0.29, 0.717) is 0 Å². The molecule has 74 valence electrons. The van der Waals surface area contributed by atoms with Crippen LogP contribution in [-0.2, 0) is 19.4 Å². The minimum atomic E-state index is -2.32. The molecule has 0 N–H and O–H groups in total. The van der Waals surface area contributed by atoms with E-state index in [1.807, 2.05) is 19.9 Å². The van der Waals surface area contributed by atoms with Crippen LogP contribution < -0.4 is 0 Å². The van der Waals surface area contributed by atoms with E-state index in [-0.39, 0.29) is 6.54 Å². The van der Waals surface area contributed by atoms with Crippen LogP contribution in [0.15, 0.2) is 6.07 Å². The first-order valence-electron chi connectivity index (χ1n) is 4.51. The van der Waals surface area contributed by atoms with Crippen LogP contribution in [0.5, 0.6) is 0 Å². The highest BCUT2D eigenvalue weighted by Crippen LogP contribution is 2.08. The third kappa shape index (κ3) is 2.50. The largest absolute Gasteiger partial charge is 0.264 e. The smallest absolute Gasteiger partial charge is 0.257 e. The Morgan fingerprint density at radius 3 is 2.54 bits per heavy atom. The molecule has 0 fully saturated rings. The standard InChI is InChI=1S/C9H14F2N2/c1-3-7-5-8(4-2)13(12-7)6-9(10)11/h5,9H,3-4,6H2,1-2H3. The van der Waals surface area contributed by atoms with Crippen molar-refractivity contribution in [2.24, 2.45) is 0 Å². The molecular weight excluding hydrogens is 174 g/mol. The monoisotopic (exact) mass is 188 g/mol. The lowest BCUT2D eigenvalue weighted by Gasteiger charge is -2.03. The molecule has 0 saturated carbocycles. The Hall–Kier alpha value is -0.930. The molecule has 0 bridgehead atoms. The Kier molecular flexibility index (Phi) is 3.39. The second-order valence-electron chi connectivity index (χ2n) is 2.91. The van der Waals surface area contributed by atoms with Crippen molar-refractivity contribution in [3.8, 4) is 0 Å². The van der Waals surface area contributed by atoms with Gasteiger partial charge in [-0.1, -0.05) is 13.8 Å². The van der Waals surface area contributed by atoms with Crippen molar-refractivity contribution in [3.63, 3.8) is 0 Å². The molecule has 1 heterocycles. The number of rotatable bonds is 4. The average Bonchev–Trinajstić information content (AvgIpc) is 2.46. The summed E-state index contributed by atoms with van der Waals surface area (Å²) in [5.41, 5.74) is 1.77. The van der Waals surface area contributed by atoms with Gasteiger partial charge in [-0.25, -0.2) is 8.78 Å². The normalized spacial score (nSPS) is 11.2. The molecule has 0 radical (unpaired) electrons. The molecule has 1 aromatic rings. The van der Waals surface area contributed by atoms with Crippen molar-refractivity contribution in [1.29, 1.82) is 0 Å². The molecule has 2 nitrogen and oxygen atoms in total. The molecular formula is C9H14F2N2. The molecule has 0 spiro atoms. The van der Waals surface area contributed by atoms with Gasteiger partial charge in [-0.05, 0) is 18.9 Å². The maximum Gasteiger partial charge on any atom is 0.257 e. The van der Waals surface area contributed by atoms with Gasteiger partial charge in [-0.15, -0.1) is 0 Å². The van der Waals surface area contributed by atoms with Crippen LogP contribution >= 0.6 is 0 Å². The summed E-state index contributed by atoms with van der Waals surface area (Å²) < 4.78 is 25.6. The van der Waals surface area contributed by atoms with Crippen molar-refractivity contribution in [2.75, 3.05) is 0 Å². The van der Waals surface area contributed by atoms with Crippen LogP contribution in [-0.4, -0.2) is 16.2 Å². The predicted octanol–water partition coefficient (Wildman–Crippen LogP) is 2.27. The summed E-state index contributed by atoms with van der Waals surface area (Å²) in [6, 6.07) is 1.89. The number of halogens is 2. The van der Waals surface area contributed by atoms with Gasteiger partial charge in [0, 0.05) is 5.69 Å². The van der Waals surface area contributed by atoms with Gasteiger partial charge in [-0.2, -0.15) is 5.10 Å². The molecule has 0 saturated heterocycles. The van der Waals surface area contributed by atoms with E-state index >= 15 is 0 Å². The first-order chi connectivity index (χ1) is 6.17. The second kappa shape index (κ2) is 4.35. The molecule has 0 aliphatic heterocycles.